The topological polar surface area (TPSA) is 169 Å². The lowest BCUT2D eigenvalue weighted by molar-refractivity contribution is 0.266. The minimum Gasteiger partial charge on any atom is -0.394 e. The van der Waals surface area contributed by atoms with Gasteiger partial charge in [0, 0.05) is 13.1 Å². The monoisotopic (exact) mass is 394 g/mol. The van der Waals surface area contributed by atoms with Gasteiger partial charge in [0.1, 0.15) is 0 Å². The average molecular weight is 394 g/mol. The molecule has 2 aromatic rings. The Kier molecular flexibility index (Phi) is 8.27. The minimum atomic E-state index is -3.48. The molecule has 0 aliphatic heterocycles. The number of aliphatic hydroxyl groups excluding tert-OH is 1. The number of nitrogens with zero attached hydrogens (tertiary/aromatic N) is 8. The van der Waals surface area contributed by atoms with Crippen LogP contribution in [0.1, 0.15) is 13.8 Å². The van der Waals surface area contributed by atoms with E-state index in [2.05, 4.69) is 25.0 Å². The van der Waals surface area contributed by atoms with Crippen molar-refractivity contribution in [1.82, 2.24) is 39.6 Å². The van der Waals surface area contributed by atoms with Crippen LogP contribution in [-0.4, -0.2) is 72.6 Å². The summed E-state index contributed by atoms with van der Waals surface area (Å²) in [6.07, 6.45) is 0.943. The van der Waals surface area contributed by atoms with Crippen LogP contribution in [0.5, 0.6) is 0 Å². The molecule has 0 fully saturated rings. The van der Waals surface area contributed by atoms with Gasteiger partial charge in [0.15, 0.2) is 0 Å². The van der Waals surface area contributed by atoms with Gasteiger partial charge in [0.25, 0.3) is 10.1 Å². The quantitative estimate of drug-likeness (QED) is 0.452. The first kappa shape index (κ1) is 21.7. The molecule has 148 valence electrons. The highest BCUT2D eigenvalue weighted by Gasteiger charge is 2.06. The Bertz CT molecular complexity index is 894. The van der Waals surface area contributed by atoms with Gasteiger partial charge in [-0.3, -0.25) is 4.18 Å². The van der Waals surface area contributed by atoms with Gasteiger partial charge in [-0.15, -0.1) is 0 Å². The number of aliphatic hydroxyl groups is 1. The first-order chi connectivity index (χ1) is 12.2. The Morgan fingerprint density at radius 1 is 0.885 bits per heavy atom. The van der Waals surface area contributed by atoms with Crippen LogP contribution in [0.3, 0.4) is 0 Å². The van der Waals surface area contributed by atoms with E-state index in [0.29, 0.717) is 13.1 Å². The Hall–Kier alpha value is -2.39. The predicted octanol–water partition coefficient (Wildman–Crippen LogP) is -3.11. The van der Waals surface area contributed by atoms with Gasteiger partial charge in [0.05, 0.1) is 32.6 Å². The summed E-state index contributed by atoms with van der Waals surface area (Å²) in [4.78, 5) is 22.4. The number of aryl methyl sites for hydroxylation is 2. The molecule has 0 atom stereocenters. The van der Waals surface area contributed by atoms with Gasteiger partial charge in [-0.25, -0.2) is 9.59 Å². The van der Waals surface area contributed by atoms with Crippen LogP contribution in [0.4, 0.5) is 0 Å². The van der Waals surface area contributed by atoms with Crippen molar-refractivity contribution in [2.75, 3.05) is 19.5 Å². The number of aromatic nitrogens is 8. The molecule has 0 radical (unpaired) electrons. The molecule has 1 N–H and O–H groups in total. The molecule has 0 spiro atoms. The summed E-state index contributed by atoms with van der Waals surface area (Å²) in [5.74, 6) is 0. The van der Waals surface area contributed by atoms with Crippen molar-refractivity contribution in [2.24, 2.45) is 0 Å². The fourth-order valence-electron chi connectivity index (χ4n) is 1.66. The van der Waals surface area contributed by atoms with E-state index >= 15 is 0 Å². The lowest BCUT2D eigenvalue weighted by Crippen LogP contribution is -2.26. The van der Waals surface area contributed by atoms with E-state index in [4.69, 9.17) is 5.11 Å². The van der Waals surface area contributed by atoms with E-state index in [0.717, 1.165) is 15.6 Å². The lowest BCUT2D eigenvalue weighted by atomic mass is 10.7. The van der Waals surface area contributed by atoms with E-state index in [1.807, 2.05) is 0 Å². The molecule has 0 unspecified atom stereocenters. The molecule has 2 aromatic heterocycles. The second kappa shape index (κ2) is 9.93. The second-order valence-electron chi connectivity index (χ2n) is 4.85. The van der Waals surface area contributed by atoms with Crippen molar-refractivity contribution in [3.05, 3.63) is 21.0 Å². The normalized spacial score (nSPS) is 11.2. The smallest absolute Gasteiger partial charge is 0.363 e. The fraction of sp³-hybridized carbons (Fsp3) is 0.818. The first-order valence-electron chi connectivity index (χ1n) is 7.69. The molecular formula is C11H22N8O6S. The molecule has 14 nitrogen and oxygen atoms in total. The molecule has 0 amide bonds. The van der Waals surface area contributed by atoms with E-state index < -0.39 is 10.1 Å². The fourth-order valence-corrected chi connectivity index (χ4v) is 2.04. The maximum atomic E-state index is 11.4. The maximum absolute atomic E-state index is 11.4. The van der Waals surface area contributed by atoms with Crippen molar-refractivity contribution >= 4 is 10.1 Å². The number of hydrogen-bond donors (Lipinski definition) is 1. The summed E-state index contributed by atoms with van der Waals surface area (Å²) >= 11 is 0. The van der Waals surface area contributed by atoms with Crippen molar-refractivity contribution in [3.63, 3.8) is 0 Å². The standard InChI is InChI=1S/C6H12N4O4S.C5H10N4O2/c1-3-9-6(11)10(8-7-9)4-5-14-15(2,12)13;1-2-8-5(11)9(3-4-10)7-6-8/h3-5H2,1-2H3;10H,2-4H2,1H3. The van der Waals surface area contributed by atoms with Gasteiger partial charge >= 0.3 is 11.4 Å². The first-order valence-corrected chi connectivity index (χ1v) is 9.51. The number of tetrazole rings is 2. The average Bonchev–Trinajstić information content (AvgIpc) is 3.11. The third-order valence-electron chi connectivity index (χ3n) is 2.91. The Morgan fingerprint density at radius 3 is 1.65 bits per heavy atom. The summed E-state index contributed by atoms with van der Waals surface area (Å²) in [5, 5.41) is 22.7. The number of rotatable bonds is 8. The number of hydrogen-bond acceptors (Lipinski definition) is 10. The Labute approximate surface area is 148 Å². The van der Waals surface area contributed by atoms with E-state index in [1.54, 1.807) is 13.8 Å². The molecule has 0 saturated carbocycles. The Balaban J connectivity index is 0.000000273. The zero-order valence-electron chi connectivity index (χ0n) is 14.7. The SMILES string of the molecule is CCn1nnn(CCO)c1=O.CCn1nnn(CCOS(C)(=O)=O)c1=O. The summed E-state index contributed by atoms with van der Waals surface area (Å²) in [7, 11) is -3.48. The van der Waals surface area contributed by atoms with Gasteiger partial charge in [-0.2, -0.15) is 27.1 Å². The van der Waals surface area contributed by atoms with Crippen LogP contribution < -0.4 is 11.4 Å². The van der Waals surface area contributed by atoms with Gasteiger partial charge in [0.2, 0.25) is 0 Å². The van der Waals surface area contributed by atoms with Crippen molar-refractivity contribution in [2.45, 2.75) is 40.0 Å². The highest BCUT2D eigenvalue weighted by Crippen LogP contribution is 1.87. The molecule has 26 heavy (non-hydrogen) atoms. The van der Waals surface area contributed by atoms with Gasteiger partial charge in [-0.05, 0) is 34.7 Å². The molecule has 2 rings (SSSR count). The summed E-state index contributed by atoms with van der Waals surface area (Å²) in [5.41, 5.74) is -0.656. The van der Waals surface area contributed by atoms with Crippen molar-refractivity contribution < 1.29 is 17.7 Å². The minimum absolute atomic E-state index is 0.0614. The van der Waals surface area contributed by atoms with E-state index in [1.165, 1.54) is 9.36 Å². The maximum Gasteiger partial charge on any atom is 0.363 e. The van der Waals surface area contributed by atoms with E-state index in [-0.39, 0.29) is 37.7 Å². The predicted molar refractivity (Wildman–Crippen MR) is 87.8 cm³/mol. The van der Waals surface area contributed by atoms with Crippen LogP contribution in [0.25, 0.3) is 0 Å². The molecule has 2 heterocycles. The van der Waals surface area contributed by atoms with Crippen molar-refractivity contribution in [3.8, 4) is 0 Å². The van der Waals surface area contributed by atoms with Gasteiger partial charge < -0.3 is 5.11 Å². The molecule has 0 aromatic carbocycles. The van der Waals surface area contributed by atoms with Crippen LogP contribution >= 0.6 is 0 Å². The van der Waals surface area contributed by atoms with Crippen LogP contribution in [0.15, 0.2) is 9.59 Å². The summed E-state index contributed by atoms with van der Waals surface area (Å²) < 4.78 is 30.3. The largest absolute Gasteiger partial charge is 0.394 e. The zero-order chi connectivity index (χ0) is 19.7. The Morgan fingerprint density at radius 2 is 1.31 bits per heavy atom. The third kappa shape index (κ3) is 6.49. The van der Waals surface area contributed by atoms with E-state index in [9.17, 15) is 18.0 Å². The highest BCUT2D eigenvalue weighted by molar-refractivity contribution is 7.85. The zero-order valence-corrected chi connectivity index (χ0v) is 15.5. The lowest BCUT2D eigenvalue weighted by Gasteiger charge is -1.99. The van der Waals surface area contributed by atoms with Crippen LogP contribution in [0.2, 0.25) is 0 Å². The molecule has 0 aliphatic rings. The summed E-state index contributed by atoms with van der Waals surface area (Å²) in [6.45, 7) is 4.54. The molecule has 0 saturated heterocycles. The van der Waals surface area contributed by atoms with Crippen molar-refractivity contribution in [1.29, 1.82) is 0 Å². The third-order valence-corrected chi connectivity index (χ3v) is 3.50. The van der Waals surface area contributed by atoms with Crippen LogP contribution in [-0.2, 0) is 40.5 Å². The summed E-state index contributed by atoms with van der Waals surface area (Å²) in [6, 6.07) is 0. The van der Waals surface area contributed by atoms with Crippen LogP contribution in [0, 0.1) is 0 Å². The van der Waals surface area contributed by atoms with Gasteiger partial charge in [-0.1, -0.05) is 0 Å². The molecule has 0 aliphatic carbocycles. The highest BCUT2D eigenvalue weighted by atomic mass is 32.2. The molecule has 15 heteroatoms. The molecular weight excluding hydrogens is 372 g/mol. The second-order valence-corrected chi connectivity index (χ2v) is 6.49. The molecule has 0 bridgehead atoms.